The molecule has 0 amide bonds. The molecule has 0 saturated carbocycles. The number of benzene rings is 1. The Balaban J connectivity index is 1.93. The number of hydrogen-bond donors (Lipinski definition) is 0. The van der Waals surface area contributed by atoms with Crippen LogP contribution in [-0.4, -0.2) is 13.6 Å². The van der Waals surface area contributed by atoms with E-state index in [9.17, 15) is 0 Å². The van der Waals surface area contributed by atoms with Crippen LogP contribution < -0.4 is 0 Å². The summed E-state index contributed by atoms with van der Waals surface area (Å²) in [4.78, 5) is 0. The standard InChI is InChI=1S/C24H26Si/c1-5-17-15-19-10-8-12-22(25(3)4)16(2)23(19)24(17)21-14-13-18-9-6-7-11-20(18)21/h6-16,21H,5H2,1-4H3. The van der Waals surface area contributed by atoms with Crippen LogP contribution in [0.25, 0.3) is 6.08 Å². The van der Waals surface area contributed by atoms with E-state index >= 15 is 0 Å². The van der Waals surface area contributed by atoms with Crippen molar-refractivity contribution in [3.8, 4) is 0 Å². The first-order valence-corrected chi connectivity index (χ1v) is 11.9. The first-order valence-electron chi connectivity index (χ1n) is 9.40. The molecular weight excluding hydrogens is 316 g/mol. The molecule has 2 unspecified atom stereocenters. The van der Waals surface area contributed by atoms with Crippen LogP contribution in [0.1, 0.15) is 37.3 Å². The molecule has 0 N–H and O–H groups in total. The van der Waals surface area contributed by atoms with Crippen LogP contribution in [0.5, 0.6) is 0 Å². The van der Waals surface area contributed by atoms with E-state index in [1.807, 2.05) is 0 Å². The molecule has 0 aromatic heterocycles. The fourth-order valence-electron chi connectivity index (χ4n) is 4.61. The number of rotatable bonds is 2. The SMILES string of the molecule is CCC1=CC2=CC=CC(=[Si](C)C)C(C)C2=C1C1C=Cc2ccccc21. The molecule has 3 aliphatic carbocycles. The average molecular weight is 343 g/mol. The lowest BCUT2D eigenvalue weighted by Crippen LogP contribution is -2.19. The van der Waals surface area contributed by atoms with Gasteiger partial charge >= 0.3 is 0 Å². The molecule has 0 heterocycles. The molecule has 126 valence electrons. The molecule has 3 aliphatic rings. The minimum Gasteiger partial charge on any atom is -0.0720 e. The topological polar surface area (TPSA) is 0 Å². The molecule has 1 aromatic carbocycles. The Morgan fingerprint density at radius 1 is 1.04 bits per heavy atom. The fourth-order valence-corrected chi connectivity index (χ4v) is 6.05. The lowest BCUT2D eigenvalue weighted by Gasteiger charge is -2.23. The minimum absolute atomic E-state index is 0.412. The van der Waals surface area contributed by atoms with Gasteiger partial charge in [-0.1, -0.05) is 92.8 Å². The molecule has 0 aliphatic heterocycles. The van der Waals surface area contributed by atoms with Gasteiger partial charge in [0, 0.05) is 20.2 Å². The van der Waals surface area contributed by atoms with Gasteiger partial charge in [-0.05, 0) is 39.8 Å². The highest BCUT2D eigenvalue weighted by molar-refractivity contribution is 6.71. The van der Waals surface area contributed by atoms with Crippen LogP contribution in [0.2, 0.25) is 13.1 Å². The Morgan fingerprint density at radius 3 is 2.60 bits per heavy atom. The van der Waals surface area contributed by atoms with Gasteiger partial charge in [-0.25, -0.2) is 0 Å². The van der Waals surface area contributed by atoms with E-state index in [2.05, 4.69) is 87.7 Å². The summed E-state index contributed by atoms with van der Waals surface area (Å²) in [5, 5.41) is 1.64. The molecule has 4 rings (SSSR count). The maximum atomic E-state index is 2.45. The maximum Gasteiger partial charge on any atom is 0.0284 e. The molecular formula is C24H26Si. The molecule has 1 aromatic rings. The number of allylic oxidation sites excluding steroid dienone is 9. The predicted octanol–water partition coefficient (Wildman–Crippen LogP) is 6.08. The van der Waals surface area contributed by atoms with Crippen molar-refractivity contribution < 1.29 is 0 Å². The van der Waals surface area contributed by atoms with E-state index in [1.165, 1.54) is 22.3 Å². The molecule has 1 heteroatoms. The Morgan fingerprint density at radius 2 is 1.84 bits per heavy atom. The summed E-state index contributed by atoms with van der Waals surface area (Å²) in [6.07, 6.45) is 15.3. The third-order valence-corrected chi connectivity index (χ3v) is 7.55. The van der Waals surface area contributed by atoms with E-state index < -0.39 is 8.41 Å². The quantitative estimate of drug-likeness (QED) is 0.571. The van der Waals surface area contributed by atoms with Crippen LogP contribution in [0.15, 0.2) is 76.9 Å². The molecule has 0 spiro atoms. The highest BCUT2D eigenvalue weighted by Crippen LogP contribution is 2.48. The summed E-state index contributed by atoms with van der Waals surface area (Å²) in [5.74, 6) is 0.930. The second-order valence-electron chi connectivity index (χ2n) is 7.47. The van der Waals surface area contributed by atoms with Crippen LogP contribution in [0.3, 0.4) is 0 Å². The van der Waals surface area contributed by atoms with E-state index in [1.54, 1.807) is 16.3 Å². The Labute approximate surface area is 153 Å². The Kier molecular flexibility index (Phi) is 4.21. The van der Waals surface area contributed by atoms with Gasteiger partial charge in [0.1, 0.15) is 0 Å². The van der Waals surface area contributed by atoms with Crippen LogP contribution in [-0.2, 0) is 0 Å². The van der Waals surface area contributed by atoms with Gasteiger partial charge in [0.25, 0.3) is 0 Å². The zero-order chi connectivity index (χ0) is 17.6. The average Bonchev–Trinajstić information content (AvgIpc) is 3.14. The summed E-state index contributed by atoms with van der Waals surface area (Å²) in [6.45, 7) is 9.55. The van der Waals surface area contributed by atoms with Gasteiger partial charge in [-0.2, -0.15) is 0 Å². The number of hydrogen-bond acceptors (Lipinski definition) is 0. The highest BCUT2D eigenvalue weighted by atomic mass is 28.2. The molecule has 0 bridgehead atoms. The van der Waals surface area contributed by atoms with E-state index in [0.29, 0.717) is 11.8 Å². The highest BCUT2D eigenvalue weighted by Gasteiger charge is 2.33. The van der Waals surface area contributed by atoms with Crippen molar-refractivity contribution in [2.45, 2.75) is 39.3 Å². The Hall–Kier alpha value is -1.99. The third-order valence-electron chi connectivity index (χ3n) is 5.80. The molecule has 0 radical (unpaired) electrons. The van der Waals surface area contributed by atoms with Crippen LogP contribution >= 0.6 is 0 Å². The van der Waals surface area contributed by atoms with Crippen molar-refractivity contribution in [1.29, 1.82) is 0 Å². The monoisotopic (exact) mass is 342 g/mol. The fraction of sp³-hybridized carbons (Fsp3) is 0.292. The summed E-state index contributed by atoms with van der Waals surface area (Å²) in [5.41, 5.74) is 8.96. The van der Waals surface area contributed by atoms with Crippen molar-refractivity contribution in [1.82, 2.24) is 0 Å². The predicted molar refractivity (Wildman–Crippen MR) is 112 cm³/mol. The summed E-state index contributed by atoms with van der Waals surface area (Å²) in [7, 11) is -0.453. The lowest BCUT2D eigenvalue weighted by atomic mass is 9.82. The summed E-state index contributed by atoms with van der Waals surface area (Å²) >= 11 is 0. The first kappa shape index (κ1) is 16.5. The zero-order valence-electron chi connectivity index (χ0n) is 15.6. The normalized spacial score (nSPS) is 24.1. The van der Waals surface area contributed by atoms with E-state index in [-0.39, 0.29) is 0 Å². The van der Waals surface area contributed by atoms with E-state index in [4.69, 9.17) is 0 Å². The second kappa shape index (κ2) is 6.38. The van der Waals surface area contributed by atoms with Gasteiger partial charge in [-0.15, -0.1) is 0 Å². The molecule has 0 fully saturated rings. The van der Waals surface area contributed by atoms with Gasteiger partial charge in [0.2, 0.25) is 0 Å². The smallest absolute Gasteiger partial charge is 0.0284 e. The van der Waals surface area contributed by atoms with Crippen LogP contribution in [0.4, 0.5) is 0 Å². The Bertz CT molecular complexity index is 911. The van der Waals surface area contributed by atoms with Crippen molar-refractivity contribution in [2.75, 3.05) is 0 Å². The van der Waals surface area contributed by atoms with Gasteiger partial charge in [0.15, 0.2) is 0 Å². The van der Waals surface area contributed by atoms with Gasteiger partial charge in [0.05, 0.1) is 0 Å². The molecule has 0 nitrogen and oxygen atoms in total. The lowest BCUT2D eigenvalue weighted by molar-refractivity contribution is 0.893. The third kappa shape index (κ3) is 2.62. The summed E-state index contributed by atoms with van der Waals surface area (Å²) < 4.78 is 0. The van der Waals surface area contributed by atoms with Crippen molar-refractivity contribution in [3.05, 3.63) is 88.1 Å². The second-order valence-corrected chi connectivity index (χ2v) is 10.1. The maximum absolute atomic E-state index is 2.45. The largest absolute Gasteiger partial charge is 0.0720 e. The minimum atomic E-state index is -0.453. The van der Waals surface area contributed by atoms with Crippen LogP contribution in [0, 0.1) is 5.92 Å². The van der Waals surface area contributed by atoms with Crippen molar-refractivity contribution in [2.24, 2.45) is 5.92 Å². The molecule has 25 heavy (non-hydrogen) atoms. The number of fused-ring (bicyclic) bond motifs is 2. The summed E-state index contributed by atoms with van der Waals surface area (Å²) in [6, 6.07) is 8.88. The zero-order valence-corrected chi connectivity index (χ0v) is 16.6. The van der Waals surface area contributed by atoms with Gasteiger partial charge in [-0.3, -0.25) is 0 Å². The van der Waals surface area contributed by atoms with Crippen molar-refractivity contribution in [3.63, 3.8) is 0 Å². The molecule has 0 saturated heterocycles. The first-order chi connectivity index (χ1) is 12.1. The molecule has 2 atom stereocenters. The van der Waals surface area contributed by atoms with E-state index in [0.717, 1.165) is 6.42 Å². The van der Waals surface area contributed by atoms with Crippen molar-refractivity contribution >= 4 is 19.7 Å². The van der Waals surface area contributed by atoms with Gasteiger partial charge < -0.3 is 0 Å².